The Morgan fingerprint density at radius 1 is 0.821 bits per heavy atom. The summed E-state index contributed by atoms with van der Waals surface area (Å²) >= 11 is 0. The van der Waals surface area contributed by atoms with Crippen LogP contribution in [0.2, 0.25) is 0 Å². The molecule has 0 unspecified atom stereocenters. The molecule has 0 aliphatic heterocycles. The maximum absolute atomic E-state index is 11.3. The van der Waals surface area contributed by atoms with E-state index in [1.807, 2.05) is 0 Å². The third-order valence-corrected chi connectivity index (χ3v) is 3.65. The van der Waals surface area contributed by atoms with Crippen LogP contribution >= 0.6 is 7.82 Å². The number of phosphoric acid groups is 1. The molecule has 0 saturated heterocycles. The zero-order chi connectivity index (χ0) is 22.2. The highest BCUT2D eigenvalue weighted by molar-refractivity contribution is 7.47. The Hall–Kier alpha value is -1.39. The summed E-state index contributed by atoms with van der Waals surface area (Å²) in [5.41, 5.74) is 0. The summed E-state index contributed by atoms with van der Waals surface area (Å²) in [5.74, 6) is 0. The van der Waals surface area contributed by atoms with Crippen LogP contribution in [0.1, 0.15) is 48.5 Å². The second kappa shape index (κ2) is 16.6. The van der Waals surface area contributed by atoms with Gasteiger partial charge in [-0.2, -0.15) is 0 Å². The van der Waals surface area contributed by atoms with Crippen LogP contribution in [-0.2, 0) is 32.6 Å². The van der Waals surface area contributed by atoms with Crippen LogP contribution < -0.4 is 0 Å². The van der Waals surface area contributed by atoms with Gasteiger partial charge in [0.1, 0.15) is 0 Å². The summed E-state index contributed by atoms with van der Waals surface area (Å²) in [7, 11) is -4.54. The van der Waals surface area contributed by atoms with E-state index in [-0.39, 0.29) is 0 Å². The van der Waals surface area contributed by atoms with Crippen molar-refractivity contribution in [3.8, 4) is 0 Å². The summed E-state index contributed by atoms with van der Waals surface area (Å²) < 4.78 is 37.7. The van der Waals surface area contributed by atoms with Gasteiger partial charge in [0, 0.05) is 0 Å². The van der Waals surface area contributed by atoms with Gasteiger partial charge in [0.2, 0.25) is 13.6 Å². The molecule has 0 spiro atoms. The Labute approximate surface area is 166 Å². The van der Waals surface area contributed by atoms with Crippen molar-refractivity contribution in [2.75, 3.05) is 33.2 Å². The normalized spacial score (nSPS) is 11.1. The van der Waals surface area contributed by atoms with Gasteiger partial charge < -0.3 is 28.7 Å². The van der Waals surface area contributed by atoms with Crippen molar-refractivity contribution < 1.29 is 47.0 Å². The summed E-state index contributed by atoms with van der Waals surface area (Å²) in [5, 5.41) is 0. The molecule has 0 bridgehead atoms. The summed E-state index contributed by atoms with van der Waals surface area (Å²) in [6.45, 7) is 14.8. The van der Waals surface area contributed by atoms with Gasteiger partial charge in [0.05, 0.1) is 12.2 Å². The second-order valence-electron chi connectivity index (χ2n) is 5.70. The SMILES string of the molecule is CC(C)OC(=O)OCOP(=O)(O)OCOC(=O)OC(C)C.CCN(CC)CC. The third kappa shape index (κ3) is 19.4. The molecule has 0 atom stereocenters. The predicted molar refractivity (Wildman–Crippen MR) is 101 cm³/mol. The van der Waals surface area contributed by atoms with Gasteiger partial charge in [-0.1, -0.05) is 20.8 Å². The average Bonchev–Trinajstić information content (AvgIpc) is 2.55. The molecule has 0 aromatic heterocycles. The van der Waals surface area contributed by atoms with Gasteiger partial charge in [-0.25, -0.2) is 23.2 Å². The van der Waals surface area contributed by atoms with E-state index in [0.29, 0.717) is 0 Å². The van der Waals surface area contributed by atoms with Gasteiger partial charge in [0.15, 0.2) is 0 Å². The molecule has 0 radical (unpaired) electrons. The van der Waals surface area contributed by atoms with Gasteiger partial charge in [-0.3, -0.25) is 0 Å². The first-order valence-corrected chi connectivity index (χ1v) is 10.5. The highest BCUT2D eigenvalue weighted by Crippen LogP contribution is 2.42. The average molecular weight is 431 g/mol. The zero-order valence-corrected chi connectivity index (χ0v) is 18.6. The molecule has 0 heterocycles. The number of rotatable bonds is 11. The van der Waals surface area contributed by atoms with Gasteiger partial charge in [-0.15, -0.1) is 0 Å². The topological polar surface area (TPSA) is 130 Å². The van der Waals surface area contributed by atoms with Crippen LogP contribution in [-0.4, -0.2) is 67.5 Å². The maximum atomic E-state index is 11.3. The van der Waals surface area contributed by atoms with Crippen molar-refractivity contribution in [1.82, 2.24) is 4.90 Å². The number of carbonyl (C=O) groups excluding carboxylic acids is 2. The molecule has 0 saturated carbocycles. The maximum Gasteiger partial charge on any atom is 0.510 e. The highest BCUT2D eigenvalue weighted by Gasteiger charge is 2.23. The van der Waals surface area contributed by atoms with Crippen molar-refractivity contribution in [2.45, 2.75) is 60.7 Å². The van der Waals surface area contributed by atoms with Crippen LogP contribution in [0.5, 0.6) is 0 Å². The number of nitrogens with zero attached hydrogens (tertiary/aromatic N) is 1. The largest absolute Gasteiger partial charge is 0.510 e. The predicted octanol–water partition coefficient (Wildman–Crippen LogP) is 3.51. The first-order chi connectivity index (χ1) is 13.0. The van der Waals surface area contributed by atoms with Gasteiger partial charge in [0.25, 0.3) is 0 Å². The van der Waals surface area contributed by atoms with E-state index < -0.39 is 45.9 Å². The Morgan fingerprint density at radius 2 is 1.14 bits per heavy atom. The lowest BCUT2D eigenvalue weighted by molar-refractivity contribution is -0.0402. The van der Waals surface area contributed by atoms with Crippen molar-refractivity contribution >= 4 is 20.1 Å². The van der Waals surface area contributed by atoms with Crippen molar-refractivity contribution in [3.63, 3.8) is 0 Å². The fourth-order valence-electron chi connectivity index (χ4n) is 1.44. The van der Waals surface area contributed by atoms with E-state index in [1.54, 1.807) is 27.7 Å². The first-order valence-electron chi connectivity index (χ1n) is 8.98. The Bertz CT molecular complexity index is 431. The van der Waals surface area contributed by atoms with Crippen molar-refractivity contribution in [3.05, 3.63) is 0 Å². The molecule has 0 fully saturated rings. The third-order valence-electron chi connectivity index (χ3n) is 2.79. The van der Waals surface area contributed by atoms with E-state index in [2.05, 4.69) is 53.7 Å². The van der Waals surface area contributed by atoms with Crippen LogP contribution in [0.4, 0.5) is 9.59 Å². The minimum atomic E-state index is -4.54. The summed E-state index contributed by atoms with van der Waals surface area (Å²) in [6.07, 6.45) is -2.95. The highest BCUT2D eigenvalue weighted by atomic mass is 31.2. The van der Waals surface area contributed by atoms with Gasteiger partial charge >= 0.3 is 20.1 Å². The molecule has 28 heavy (non-hydrogen) atoms. The molecule has 0 amide bonds. The minimum absolute atomic E-state index is 0.407. The number of phosphoric ester groups is 1. The quantitative estimate of drug-likeness (QED) is 0.293. The molecular weight excluding hydrogens is 397 g/mol. The molecule has 11 nitrogen and oxygen atoms in total. The first kappa shape index (κ1) is 28.8. The summed E-state index contributed by atoms with van der Waals surface area (Å²) in [6, 6.07) is 0. The molecule has 1 N–H and O–H groups in total. The molecule has 0 aromatic carbocycles. The number of hydrogen-bond acceptors (Lipinski definition) is 10. The zero-order valence-electron chi connectivity index (χ0n) is 17.7. The number of ether oxygens (including phenoxy) is 4. The fraction of sp³-hybridized carbons (Fsp3) is 0.875. The Kier molecular flexibility index (Phi) is 17.0. The smallest absolute Gasteiger partial charge is 0.432 e. The number of carbonyl (C=O) groups is 2. The van der Waals surface area contributed by atoms with Crippen LogP contribution in [0.25, 0.3) is 0 Å². The van der Waals surface area contributed by atoms with E-state index in [1.165, 1.54) is 19.6 Å². The van der Waals surface area contributed by atoms with Crippen LogP contribution in [0.3, 0.4) is 0 Å². The molecule has 0 aromatic rings. The van der Waals surface area contributed by atoms with Gasteiger partial charge in [-0.05, 0) is 47.3 Å². The van der Waals surface area contributed by atoms with Crippen molar-refractivity contribution in [2.24, 2.45) is 0 Å². The molecule has 0 rings (SSSR count). The van der Waals surface area contributed by atoms with Crippen LogP contribution in [0.15, 0.2) is 0 Å². The Morgan fingerprint density at radius 3 is 1.36 bits per heavy atom. The second-order valence-corrected chi connectivity index (χ2v) is 7.16. The lowest BCUT2D eigenvalue weighted by Gasteiger charge is -2.13. The van der Waals surface area contributed by atoms with E-state index in [4.69, 9.17) is 4.89 Å². The molecule has 0 aliphatic carbocycles. The lowest BCUT2D eigenvalue weighted by Crippen LogP contribution is -2.21. The molecule has 0 aliphatic rings. The molecule has 168 valence electrons. The van der Waals surface area contributed by atoms with E-state index in [9.17, 15) is 14.2 Å². The lowest BCUT2D eigenvalue weighted by atomic mass is 10.5. The van der Waals surface area contributed by atoms with E-state index >= 15 is 0 Å². The Balaban J connectivity index is 0. The minimum Gasteiger partial charge on any atom is -0.432 e. The number of hydrogen-bond donors (Lipinski definition) is 1. The molecule has 12 heteroatoms. The van der Waals surface area contributed by atoms with Crippen LogP contribution in [0, 0.1) is 0 Å². The fourth-order valence-corrected chi connectivity index (χ4v) is 1.89. The standard InChI is InChI=1S/C10H19O10P.C6H15N/c1-7(2)19-9(11)15-5-17-21(13,14)18-6-16-10(12)20-8(3)4;1-4-7(5-2)6-3/h7-8H,5-6H2,1-4H3,(H,13,14);4-6H2,1-3H3. The monoisotopic (exact) mass is 431 g/mol. The van der Waals surface area contributed by atoms with Crippen molar-refractivity contribution in [1.29, 1.82) is 0 Å². The molecular formula is C16H34NO10P. The summed E-state index contributed by atoms with van der Waals surface area (Å²) in [4.78, 5) is 33.4. The van der Waals surface area contributed by atoms with E-state index in [0.717, 1.165) is 0 Å².